The molecule has 0 N–H and O–H groups in total. The summed E-state index contributed by atoms with van der Waals surface area (Å²) in [6, 6.07) is 71.3. The van der Waals surface area contributed by atoms with Crippen molar-refractivity contribution >= 4 is 32.6 Å². The highest BCUT2D eigenvalue weighted by atomic mass is 16.3. The van der Waals surface area contributed by atoms with Crippen molar-refractivity contribution < 1.29 is 4.42 Å². The Labute approximate surface area is 341 Å². The van der Waals surface area contributed by atoms with Gasteiger partial charge in [0.2, 0.25) is 5.89 Å². The Morgan fingerprint density at radius 2 is 0.797 bits per heavy atom. The zero-order valence-electron chi connectivity index (χ0n) is 31.8. The van der Waals surface area contributed by atoms with E-state index in [1.807, 2.05) is 66.7 Å². The maximum atomic E-state index is 6.36. The zero-order chi connectivity index (χ0) is 39.1. The van der Waals surface area contributed by atoms with Crippen molar-refractivity contribution in [3.05, 3.63) is 206 Å². The normalized spacial score (nSPS) is 11.4. The van der Waals surface area contributed by atoms with E-state index >= 15 is 0 Å². The van der Waals surface area contributed by atoms with Gasteiger partial charge in [-0.2, -0.15) is 0 Å². The molecule has 0 radical (unpaired) electrons. The number of rotatable bonds is 7. The number of aromatic nitrogens is 4. The van der Waals surface area contributed by atoms with Crippen LogP contribution in [0.2, 0.25) is 0 Å². The zero-order valence-corrected chi connectivity index (χ0v) is 31.8. The molecule has 0 aliphatic heterocycles. The smallest absolute Gasteiger partial charge is 0.227 e. The molecule has 5 nitrogen and oxygen atoms in total. The molecule has 2 aromatic heterocycles. The van der Waals surface area contributed by atoms with Crippen molar-refractivity contribution in [2.75, 3.05) is 0 Å². The minimum Gasteiger partial charge on any atom is -0.436 e. The highest BCUT2D eigenvalue weighted by Crippen LogP contribution is 2.40. The van der Waals surface area contributed by atoms with Crippen LogP contribution < -0.4 is 0 Å². The van der Waals surface area contributed by atoms with E-state index in [2.05, 4.69) is 140 Å². The van der Waals surface area contributed by atoms with E-state index in [4.69, 9.17) is 24.4 Å². The minimum absolute atomic E-state index is 0.597. The third-order valence-electron chi connectivity index (χ3n) is 11.0. The van der Waals surface area contributed by atoms with Crippen molar-refractivity contribution in [3.63, 3.8) is 0 Å². The maximum absolute atomic E-state index is 6.36. The van der Waals surface area contributed by atoms with E-state index < -0.39 is 0 Å². The van der Waals surface area contributed by atoms with Crippen LogP contribution in [0.5, 0.6) is 0 Å². The first kappa shape index (κ1) is 34.2. The van der Waals surface area contributed by atoms with Gasteiger partial charge in [-0.1, -0.05) is 182 Å². The molecule has 59 heavy (non-hydrogen) atoms. The van der Waals surface area contributed by atoms with Crippen molar-refractivity contribution in [3.8, 4) is 79.0 Å². The summed E-state index contributed by atoms with van der Waals surface area (Å²) in [5, 5.41) is 4.80. The van der Waals surface area contributed by atoms with Gasteiger partial charge in [-0.3, -0.25) is 0 Å². The monoisotopic (exact) mass is 754 g/mol. The summed E-state index contributed by atoms with van der Waals surface area (Å²) in [6.45, 7) is 0. The second-order valence-electron chi connectivity index (χ2n) is 14.6. The maximum Gasteiger partial charge on any atom is 0.227 e. The fraction of sp³-hybridized carbons (Fsp3) is 0. The second kappa shape index (κ2) is 14.5. The summed E-state index contributed by atoms with van der Waals surface area (Å²) in [5.41, 5.74) is 12.1. The van der Waals surface area contributed by atoms with Crippen molar-refractivity contribution in [1.29, 1.82) is 0 Å². The van der Waals surface area contributed by atoms with Gasteiger partial charge in [-0.05, 0) is 79.2 Å². The lowest BCUT2D eigenvalue weighted by molar-refractivity contribution is 0.620. The molecule has 9 aromatic carbocycles. The van der Waals surface area contributed by atoms with Crippen molar-refractivity contribution in [2.24, 2.45) is 0 Å². The van der Waals surface area contributed by atoms with E-state index in [1.54, 1.807) is 0 Å². The van der Waals surface area contributed by atoms with Gasteiger partial charge in [0.05, 0.1) is 0 Å². The molecule has 2 heterocycles. The molecule has 0 saturated heterocycles. The average Bonchev–Trinajstić information content (AvgIpc) is 3.75. The lowest BCUT2D eigenvalue weighted by Gasteiger charge is -2.15. The molecule has 0 amide bonds. The lowest BCUT2D eigenvalue weighted by Crippen LogP contribution is -2.00. The predicted octanol–water partition coefficient (Wildman–Crippen LogP) is 14.0. The van der Waals surface area contributed by atoms with E-state index in [0.29, 0.717) is 23.4 Å². The summed E-state index contributed by atoms with van der Waals surface area (Å²) in [5.74, 6) is 2.50. The molecule has 0 aliphatic rings. The fourth-order valence-corrected chi connectivity index (χ4v) is 8.04. The Bertz CT molecular complexity index is 3240. The molecule has 5 heteroatoms. The third kappa shape index (κ3) is 6.41. The molecule has 0 unspecified atom stereocenters. The first-order valence-electron chi connectivity index (χ1n) is 19.7. The van der Waals surface area contributed by atoms with Crippen LogP contribution in [0.1, 0.15) is 0 Å². The SMILES string of the molecule is c1ccc(-c2nc(-c3ccccc3)nc(-c3ccc(-c4ccc5ccccc5c4-c4ccc5oc(-c6ccc(-c7cccc8ccccc78)cc6)nc5c4)cc3)n2)cc1. The van der Waals surface area contributed by atoms with E-state index in [0.717, 1.165) is 61.2 Å². The quantitative estimate of drug-likeness (QED) is 0.162. The predicted molar refractivity (Wildman–Crippen MR) is 240 cm³/mol. The van der Waals surface area contributed by atoms with Gasteiger partial charge < -0.3 is 4.42 Å². The van der Waals surface area contributed by atoms with Crippen LogP contribution in [0.15, 0.2) is 211 Å². The van der Waals surface area contributed by atoms with Crippen molar-refractivity contribution in [2.45, 2.75) is 0 Å². The topological polar surface area (TPSA) is 64.7 Å². The molecule has 276 valence electrons. The molecule has 0 fully saturated rings. The van der Waals surface area contributed by atoms with E-state index in [-0.39, 0.29) is 0 Å². The molecular weight excluding hydrogens is 721 g/mol. The number of oxazole rings is 1. The summed E-state index contributed by atoms with van der Waals surface area (Å²) >= 11 is 0. The molecular formula is C54H34N4O. The molecule has 0 bridgehead atoms. The van der Waals surface area contributed by atoms with E-state index in [1.165, 1.54) is 27.1 Å². The third-order valence-corrected chi connectivity index (χ3v) is 11.0. The lowest BCUT2D eigenvalue weighted by atomic mass is 9.89. The van der Waals surface area contributed by atoms with Crippen LogP contribution in [0.3, 0.4) is 0 Å². The molecule has 0 atom stereocenters. The Hall–Kier alpha value is -8.02. The summed E-state index contributed by atoms with van der Waals surface area (Å²) < 4.78 is 6.36. The molecule has 11 rings (SSSR count). The van der Waals surface area contributed by atoms with Crippen LogP contribution in [0.4, 0.5) is 0 Å². The fourth-order valence-electron chi connectivity index (χ4n) is 8.04. The number of benzene rings is 9. The van der Waals surface area contributed by atoms with Gasteiger partial charge in [-0.25, -0.2) is 19.9 Å². The van der Waals surface area contributed by atoms with Gasteiger partial charge in [0.15, 0.2) is 23.1 Å². The summed E-state index contributed by atoms with van der Waals surface area (Å²) in [7, 11) is 0. The molecule has 11 aromatic rings. The van der Waals surface area contributed by atoms with Crippen molar-refractivity contribution in [1.82, 2.24) is 19.9 Å². The minimum atomic E-state index is 0.597. The molecule has 0 saturated carbocycles. The number of hydrogen-bond acceptors (Lipinski definition) is 5. The molecule has 0 spiro atoms. The van der Waals surface area contributed by atoms with Gasteiger partial charge >= 0.3 is 0 Å². The van der Waals surface area contributed by atoms with E-state index in [9.17, 15) is 0 Å². The van der Waals surface area contributed by atoms with Crippen LogP contribution in [0.25, 0.3) is 112 Å². The first-order valence-corrected chi connectivity index (χ1v) is 19.7. The highest BCUT2D eigenvalue weighted by Gasteiger charge is 2.17. The van der Waals surface area contributed by atoms with Gasteiger partial charge in [0.25, 0.3) is 0 Å². The first-order chi connectivity index (χ1) is 29.2. The van der Waals surface area contributed by atoms with Gasteiger partial charge in [0.1, 0.15) is 5.52 Å². The van der Waals surface area contributed by atoms with Gasteiger partial charge in [0, 0.05) is 22.3 Å². The highest BCUT2D eigenvalue weighted by molar-refractivity contribution is 6.05. The van der Waals surface area contributed by atoms with Crippen LogP contribution in [0, 0.1) is 0 Å². The number of nitrogens with zero attached hydrogens (tertiary/aromatic N) is 4. The van der Waals surface area contributed by atoms with Crippen LogP contribution >= 0.6 is 0 Å². The summed E-state index contributed by atoms with van der Waals surface area (Å²) in [4.78, 5) is 19.8. The summed E-state index contributed by atoms with van der Waals surface area (Å²) in [6.07, 6.45) is 0. The van der Waals surface area contributed by atoms with Crippen LogP contribution in [-0.4, -0.2) is 19.9 Å². The average molecular weight is 755 g/mol. The number of fused-ring (bicyclic) bond motifs is 3. The van der Waals surface area contributed by atoms with Gasteiger partial charge in [-0.15, -0.1) is 0 Å². The Morgan fingerprint density at radius 3 is 1.46 bits per heavy atom. The number of hydrogen-bond donors (Lipinski definition) is 0. The Kier molecular flexibility index (Phi) is 8.41. The standard InChI is InChI=1S/C54H34N4O/c1-3-14-39(15-4-1)51-56-52(40-16-5-2-6-17-40)58-53(57-51)41-26-22-38(23-27-41)47-32-30-36-13-8-10-20-46(36)50(47)43-31-33-49-48(34-43)55-54(59-49)42-28-24-37(25-29-42)45-21-11-18-35-12-7-9-19-44(35)45/h1-34H. The second-order valence-corrected chi connectivity index (χ2v) is 14.6. The Morgan fingerprint density at radius 1 is 0.305 bits per heavy atom. The largest absolute Gasteiger partial charge is 0.436 e. The Balaban J connectivity index is 0.959. The van der Waals surface area contributed by atoms with Crippen LogP contribution in [-0.2, 0) is 0 Å². The molecule has 0 aliphatic carbocycles.